The van der Waals surface area contributed by atoms with Crippen LogP contribution in [0, 0.1) is 0 Å². The van der Waals surface area contributed by atoms with Crippen molar-refractivity contribution in [3.8, 4) is 0 Å². The Morgan fingerprint density at radius 2 is 1.69 bits per heavy atom. The first-order chi connectivity index (χ1) is 12.9. The highest BCUT2D eigenvalue weighted by Gasteiger charge is 2.28. The van der Waals surface area contributed by atoms with E-state index in [0.717, 1.165) is 23.5 Å². The minimum Gasteiger partial charge on any atom is -0.299 e. The molecule has 0 spiro atoms. The van der Waals surface area contributed by atoms with E-state index in [1.807, 2.05) is 18.5 Å². The van der Waals surface area contributed by atoms with E-state index >= 15 is 0 Å². The number of aromatic nitrogens is 2. The normalized spacial score (nSPS) is 21.9. The van der Waals surface area contributed by atoms with E-state index in [0.29, 0.717) is 0 Å². The molecule has 3 heterocycles. The number of piperidine rings is 1. The van der Waals surface area contributed by atoms with Crippen LogP contribution in [0.2, 0.25) is 0 Å². The standard InChI is InChI=1S/C21H28N4S/c1-3-7-18(8-4-1)17-26-21-22-13-19(14-23-21)15-24-12-9-20(16-24)25-10-5-2-6-11-25/h1,3-4,7-8,13-14,20H,2,5-6,9-12,15-17H2. The molecule has 2 aliphatic heterocycles. The molecule has 0 amide bonds. The molecule has 4 rings (SSSR count). The molecule has 2 aliphatic rings. The number of rotatable bonds is 6. The van der Waals surface area contributed by atoms with Gasteiger partial charge in [-0.15, -0.1) is 0 Å². The van der Waals surface area contributed by atoms with Crippen LogP contribution < -0.4 is 0 Å². The topological polar surface area (TPSA) is 32.3 Å². The molecule has 0 bridgehead atoms. The summed E-state index contributed by atoms with van der Waals surface area (Å²) in [4.78, 5) is 14.4. The summed E-state index contributed by atoms with van der Waals surface area (Å²) in [6, 6.07) is 11.3. The van der Waals surface area contributed by atoms with Crippen molar-refractivity contribution < 1.29 is 0 Å². The molecule has 5 heteroatoms. The van der Waals surface area contributed by atoms with Gasteiger partial charge in [-0.05, 0) is 37.9 Å². The third kappa shape index (κ3) is 4.84. The zero-order valence-corrected chi connectivity index (χ0v) is 16.2. The lowest BCUT2D eigenvalue weighted by molar-refractivity contribution is 0.161. The maximum Gasteiger partial charge on any atom is 0.187 e. The van der Waals surface area contributed by atoms with Crippen molar-refractivity contribution >= 4 is 11.8 Å². The van der Waals surface area contributed by atoms with Crippen LogP contribution in [0.3, 0.4) is 0 Å². The minimum atomic E-state index is 0.761. The van der Waals surface area contributed by atoms with Gasteiger partial charge in [-0.2, -0.15) is 0 Å². The second-order valence-corrected chi connectivity index (χ2v) is 8.36. The molecule has 2 fully saturated rings. The monoisotopic (exact) mass is 368 g/mol. The molecule has 138 valence electrons. The SMILES string of the molecule is c1ccc(CSc2ncc(CN3CCC(N4CCCCC4)C3)cn2)cc1. The number of hydrogen-bond acceptors (Lipinski definition) is 5. The highest BCUT2D eigenvalue weighted by atomic mass is 32.2. The van der Waals surface area contributed by atoms with E-state index in [-0.39, 0.29) is 0 Å². The van der Waals surface area contributed by atoms with Crippen molar-refractivity contribution in [3.63, 3.8) is 0 Å². The average Bonchev–Trinajstić information content (AvgIpc) is 3.17. The zero-order valence-electron chi connectivity index (χ0n) is 15.4. The Labute approximate surface area is 161 Å². The van der Waals surface area contributed by atoms with Gasteiger partial charge in [-0.3, -0.25) is 9.80 Å². The third-order valence-electron chi connectivity index (χ3n) is 5.45. The molecule has 2 aromatic rings. The molecule has 1 atom stereocenters. The quantitative estimate of drug-likeness (QED) is 0.571. The molecular formula is C21H28N4S. The molecule has 0 aliphatic carbocycles. The van der Waals surface area contributed by atoms with Gasteiger partial charge in [0.1, 0.15) is 0 Å². The van der Waals surface area contributed by atoms with Crippen LogP contribution in [-0.4, -0.2) is 52.0 Å². The molecule has 0 radical (unpaired) electrons. The lowest BCUT2D eigenvalue weighted by atomic mass is 10.1. The number of thioether (sulfide) groups is 1. The summed E-state index contributed by atoms with van der Waals surface area (Å²) in [5.74, 6) is 0.920. The highest BCUT2D eigenvalue weighted by Crippen LogP contribution is 2.22. The van der Waals surface area contributed by atoms with Crippen molar-refractivity contribution in [2.24, 2.45) is 0 Å². The first-order valence-electron chi connectivity index (χ1n) is 9.81. The molecule has 1 unspecified atom stereocenters. The second-order valence-electron chi connectivity index (χ2n) is 7.42. The predicted molar refractivity (Wildman–Crippen MR) is 107 cm³/mol. The summed E-state index contributed by atoms with van der Waals surface area (Å²) >= 11 is 1.70. The molecular weight excluding hydrogens is 340 g/mol. The maximum atomic E-state index is 4.56. The highest BCUT2D eigenvalue weighted by molar-refractivity contribution is 7.98. The summed E-state index contributed by atoms with van der Waals surface area (Å²) < 4.78 is 0. The summed E-state index contributed by atoms with van der Waals surface area (Å²) in [7, 11) is 0. The van der Waals surface area contributed by atoms with Gasteiger partial charge in [0.25, 0.3) is 0 Å². The first-order valence-corrected chi connectivity index (χ1v) is 10.8. The van der Waals surface area contributed by atoms with Crippen molar-refractivity contribution in [1.82, 2.24) is 19.8 Å². The van der Waals surface area contributed by atoms with E-state index in [9.17, 15) is 0 Å². The summed E-state index contributed by atoms with van der Waals surface area (Å²) in [5.41, 5.74) is 2.54. The van der Waals surface area contributed by atoms with Crippen molar-refractivity contribution in [3.05, 3.63) is 53.9 Å². The first kappa shape index (κ1) is 18.0. The molecule has 1 aromatic carbocycles. The maximum absolute atomic E-state index is 4.56. The van der Waals surface area contributed by atoms with Gasteiger partial charge < -0.3 is 0 Å². The van der Waals surface area contributed by atoms with Crippen LogP contribution in [-0.2, 0) is 12.3 Å². The van der Waals surface area contributed by atoms with Crippen molar-refractivity contribution in [1.29, 1.82) is 0 Å². The minimum absolute atomic E-state index is 0.761. The van der Waals surface area contributed by atoms with Crippen molar-refractivity contribution in [2.75, 3.05) is 26.2 Å². The number of benzene rings is 1. The third-order valence-corrected chi connectivity index (χ3v) is 6.40. The number of likely N-dealkylation sites (tertiary alicyclic amines) is 2. The fourth-order valence-electron chi connectivity index (χ4n) is 4.02. The van der Waals surface area contributed by atoms with Gasteiger partial charge in [0, 0.05) is 49.4 Å². The van der Waals surface area contributed by atoms with Crippen molar-refractivity contribution in [2.45, 2.75) is 49.2 Å². The van der Waals surface area contributed by atoms with Crippen LogP contribution >= 0.6 is 11.8 Å². The summed E-state index contributed by atoms with van der Waals surface area (Å²) in [6.07, 6.45) is 9.51. The van der Waals surface area contributed by atoms with E-state index in [2.05, 4.69) is 44.0 Å². The van der Waals surface area contributed by atoms with E-state index < -0.39 is 0 Å². The largest absolute Gasteiger partial charge is 0.299 e. The van der Waals surface area contributed by atoms with Gasteiger partial charge >= 0.3 is 0 Å². The Morgan fingerprint density at radius 1 is 0.923 bits per heavy atom. The number of hydrogen-bond donors (Lipinski definition) is 0. The molecule has 4 nitrogen and oxygen atoms in total. The van der Waals surface area contributed by atoms with Gasteiger partial charge in [0.2, 0.25) is 0 Å². The molecule has 2 saturated heterocycles. The van der Waals surface area contributed by atoms with Crippen LogP contribution in [0.5, 0.6) is 0 Å². The average molecular weight is 369 g/mol. The van der Waals surface area contributed by atoms with E-state index in [4.69, 9.17) is 0 Å². The Hall–Kier alpha value is -1.43. The van der Waals surface area contributed by atoms with Gasteiger partial charge in [0.15, 0.2) is 5.16 Å². The fourth-order valence-corrected chi connectivity index (χ4v) is 4.76. The Kier molecular flexibility index (Phi) is 6.20. The van der Waals surface area contributed by atoms with E-state index in [1.54, 1.807) is 11.8 Å². The second kappa shape index (κ2) is 8.98. The summed E-state index contributed by atoms with van der Waals surface area (Å²) in [5, 5.41) is 0.866. The van der Waals surface area contributed by atoms with Crippen LogP contribution in [0.15, 0.2) is 47.9 Å². The summed E-state index contributed by atoms with van der Waals surface area (Å²) in [6.45, 7) is 5.98. The Morgan fingerprint density at radius 3 is 2.46 bits per heavy atom. The molecule has 0 N–H and O–H groups in total. The lowest BCUT2D eigenvalue weighted by Crippen LogP contribution is -2.40. The van der Waals surface area contributed by atoms with Crippen LogP contribution in [0.4, 0.5) is 0 Å². The molecule has 1 aromatic heterocycles. The van der Waals surface area contributed by atoms with Crippen LogP contribution in [0.25, 0.3) is 0 Å². The Bertz CT molecular complexity index is 670. The zero-order chi connectivity index (χ0) is 17.6. The predicted octanol–water partition coefficient (Wildman–Crippen LogP) is 3.83. The molecule has 0 saturated carbocycles. The molecule has 26 heavy (non-hydrogen) atoms. The lowest BCUT2D eigenvalue weighted by Gasteiger charge is -2.32. The van der Waals surface area contributed by atoms with Gasteiger partial charge in [0.05, 0.1) is 0 Å². The van der Waals surface area contributed by atoms with Gasteiger partial charge in [-0.1, -0.05) is 48.5 Å². The van der Waals surface area contributed by atoms with E-state index in [1.165, 1.54) is 63.0 Å². The Balaban J connectivity index is 1.25. The van der Waals surface area contributed by atoms with Gasteiger partial charge in [-0.25, -0.2) is 9.97 Å². The smallest absolute Gasteiger partial charge is 0.187 e. The fraction of sp³-hybridized carbons (Fsp3) is 0.524. The van der Waals surface area contributed by atoms with Crippen LogP contribution in [0.1, 0.15) is 36.8 Å². The number of nitrogens with zero attached hydrogens (tertiary/aromatic N) is 4.